The van der Waals surface area contributed by atoms with Crippen molar-refractivity contribution in [2.24, 2.45) is 17.6 Å². The highest BCUT2D eigenvalue weighted by Crippen LogP contribution is 2.21. The molecule has 1 aliphatic rings. The first kappa shape index (κ1) is 22.5. The number of amides is 2. The highest BCUT2D eigenvalue weighted by atomic mass is 35.5. The largest absolute Gasteiger partial charge is 0.339 e. The van der Waals surface area contributed by atoms with E-state index in [1.807, 2.05) is 31.7 Å². The number of nitrogens with zero attached hydrogens (tertiary/aromatic N) is 1. The monoisotopic (exact) mass is 381 g/mol. The van der Waals surface area contributed by atoms with Gasteiger partial charge in [0.2, 0.25) is 5.91 Å². The summed E-state index contributed by atoms with van der Waals surface area (Å²) >= 11 is 0. The molecule has 0 aromatic heterocycles. The number of hydrogen-bond acceptors (Lipinski definition) is 3. The molecule has 1 heterocycles. The van der Waals surface area contributed by atoms with E-state index in [1.54, 1.807) is 12.1 Å². The molecule has 1 aromatic rings. The highest BCUT2D eigenvalue weighted by molar-refractivity contribution is 5.98. The lowest BCUT2D eigenvalue weighted by molar-refractivity contribution is -0.117. The Morgan fingerprint density at radius 3 is 2.42 bits per heavy atom. The molecule has 1 aliphatic heterocycles. The molecule has 0 spiro atoms. The van der Waals surface area contributed by atoms with Crippen molar-refractivity contribution in [1.82, 2.24) is 4.90 Å². The number of hydrogen-bond donors (Lipinski definition) is 2. The van der Waals surface area contributed by atoms with Crippen molar-refractivity contribution in [3.8, 4) is 0 Å². The van der Waals surface area contributed by atoms with Crippen LogP contribution in [0.15, 0.2) is 18.2 Å². The number of nitrogens with one attached hydrogen (secondary N) is 1. The van der Waals surface area contributed by atoms with Crippen molar-refractivity contribution in [3.63, 3.8) is 0 Å². The van der Waals surface area contributed by atoms with Crippen LogP contribution in [0.1, 0.15) is 56.0 Å². The van der Waals surface area contributed by atoms with Crippen molar-refractivity contribution in [1.29, 1.82) is 0 Å². The fourth-order valence-corrected chi connectivity index (χ4v) is 3.17. The van der Waals surface area contributed by atoms with E-state index >= 15 is 0 Å². The Morgan fingerprint density at radius 1 is 1.27 bits per heavy atom. The molecule has 0 bridgehead atoms. The van der Waals surface area contributed by atoms with Crippen LogP contribution < -0.4 is 11.1 Å². The molecular formula is C20H32ClN3O2. The van der Waals surface area contributed by atoms with Gasteiger partial charge in [-0.05, 0) is 61.8 Å². The summed E-state index contributed by atoms with van der Waals surface area (Å²) in [5.41, 5.74) is 8.20. The molecule has 5 nitrogen and oxygen atoms in total. The van der Waals surface area contributed by atoms with Crippen molar-refractivity contribution in [2.75, 3.05) is 18.4 Å². The Bertz CT molecular complexity index is 625. The summed E-state index contributed by atoms with van der Waals surface area (Å²) in [6.07, 6.45) is 2.77. The molecule has 26 heavy (non-hydrogen) atoms. The molecule has 0 radical (unpaired) electrons. The topological polar surface area (TPSA) is 75.4 Å². The van der Waals surface area contributed by atoms with E-state index in [4.69, 9.17) is 5.73 Å². The van der Waals surface area contributed by atoms with Crippen molar-refractivity contribution in [3.05, 3.63) is 29.3 Å². The van der Waals surface area contributed by atoms with E-state index in [2.05, 4.69) is 12.2 Å². The summed E-state index contributed by atoms with van der Waals surface area (Å²) in [5.74, 6) is 0.956. The van der Waals surface area contributed by atoms with Crippen LogP contribution in [0, 0.1) is 18.8 Å². The minimum Gasteiger partial charge on any atom is -0.339 e. The zero-order chi connectivity index (χ0) is 18.6. The Labute approximate surface area is 163 Å². The van der Waals surface area contributed by atoms with Gasteiger partial charge in [0, 0.05) is 24.3 Å². The maximum atomic E-state index is 12.6. The van der Waals surface area contributed by atoms with Crippen LogP contribution in [0.2, 0.25) is 0 Å². The highest BCUT2D eigenvalue weighted by Gasteiger charge is 2.22. The standard InChI is InChI=1S/C20H31N3O2.ClH/c1-13(2)11-17(21)19(24)22-18-6-5-16(12-15(18)4)20(25)23-9-7-14(3)8-10-23;/h5-6,12-14,17H,7-11,21H2,1-4H3,(H,22,24);1H/t17-;/m0./s1. The quantitative estimate of drug-likeness (QED) is 0.818. The van der Waals surface area contributed by atoms with Gasteiger partial charge in [-0.2, -0.15) is 0 Å². The second-order valence-corrected chi connectivity index (χ2v) is 7.73. The second-order valence-electron chi connectivity index (χ2n) is 7.73. The van der Waals surface area contributed by atoms with Gasteiger partial charge in [-0.3, -0.25) is 9.59 Å². The number of nitrogens with two attached hydrogens (primary N) is 1. The molecular weight excluding hydrogens is 350 g/mol. The van der Waals surface area contributed by atoms with Gasteiger partial charge in [0.25, 0.3) is 5.91 Å². The predicted molar refractivity (Wildman–Crippen MR) is 109 cm³/mol. The maximum Gasteiger partial charge on any atom is 0.253 e. The van der Waals surface area contributed by atoms with E-state index in [1.165, 1.54) is 0 Å². The first-order chi connectivity index (χ1) is 11.8. The lowest BCUT2D eigenvalue weighted by Crippen LogP contribution is -2.38. The summed E-state index contributed by atoms with van der Waals surface area (Å²) in [6, 6.07) is 4.92. The smallest absolute Gasteiger partial charge is 0.253 e. The third-order valence-electron chi connectivity index (χ3n) is 4.86. The zero-order valence-corrected chi connectivity index (χ0v) is 17.1. The molecule has 0 saturated carbocycles. The zero-order valence-electron chi connectivity index (χ0n) is 16.2. The van der Waals surface area contributed by atoms with E-state index in [-0.39, 0.29) is 24.2 Å². The maximum absolute atomic E-state index is 12.6. The molecule has 1 saturated heterocycles. The number of carbonyl (C=O) groups is 2. The Balaban J connectivity index is 0.00000338. The van der Waals surface area contributed by atoms with Crippen LogP contribution in [0.5, 0.6) is 0 Å². The van der Waals surface area contributed by atoms with E-state index in [9.17, 15) is 9.59 Å². The molecule has 2 rings (SSSR count). The number of anilines is 1. The summed E-state index contributed by atoms with van der Waals surface area (Å²) in [6.45, 7) is 9.86. The van der Waals surface area contributed by atoms with E-state index < -0.39 is 6.04 Å². The summed E-state index contributed by atoms with van der Waals surface area (Å²) in [5, 5.41) is 2.88. The predicted octanol–water partition coefficient (Wildman–Crippen LogP) is 3.60. The average Bonchev–Trinajstić information content (AvgIpc) is 2.56. The molecule has 2 amide bonds. The number of carbonyl (C=O) groups excluding carboxylic acids is 2. The number of likely N-dealkylation sites (tertiary alicyclic amines) is 1. The molecule has 6 heteroatoms. The lowest BCUT2D eigenvalue weighted by Gasteiger charge is -2.30. The van der Waals surface area contributed by atoms with Gasteiger partial charge >= 0.3 is 0 Å². The Hall–Kier alpha value is -1.59. The third kappa shape index (κ3) is 5.99. The van der Waals surface area contributed by atoms with Gasteiger partial charge in [-0.25, -0.2) is 0 Å². The van der Waals surface area contributed by atoms with Gasteiger partial charge in [0.05, 0.1) is 6.04 Å². The minimum atomic E-state index is -0.518. The Morgan fingerprint density at radius 2 is 1.88 bits per heavy atom. The average molecular weight is 382 g/mol. The number of halogens is 1. The lowest BCUT2D eigenvalue weighted by atomic mass is 9.98. The molecule has 0 aliphatic carbocycles. The summed E-state index contributed by atoms with van der Waals surface area (Å²) in [7, 11) is 0. The van der Waals surface area contributed by atoms with Crippen molar-refractivity contribution >= 4 is 29.9 Å². The van der Waals surface area contributed by atoms with Gasteiger partial charge in [0.1, 0.15) is 0 Å². The van der Waals surface area contributed by atoms with Gasteiger partial charge in [0.15, 0.2) is 0 Å². The first-order valence-electron chi connectivity index (χ1n) is 9.24. The number of piperidine rings is 1. The van der Waals surface area contributed by atoms with Crippen LogP contribution in [0.25, 0.3) is 0 Å². The molecule has 1 fully saturated rings. The molecule has 3 N–H and O–H groups in total. The van der Waals surface area contributed by atoms with Crippen molar-refractivity contribution < 1.29 is 9.59 Å². The van der Waals surface area contributed by atoms with E-state index in [0.717, 1.165) is 31.5 Å². The minimum absolute atomic E-state index is 0. The molecule has 1 aromatic carbocycles. The molecule has 0 unspecified atom stereocenters. The first-order valence-corrected chi connectivity index (χ1v) is 9.24. The fourth-order valence-electron chi connectivity index (χ4n) is 3.17. The van der Waals surface area contributed by atoms with Crippen LogP contribution in [0.4, 0.5) is 5.69 Å². The van der Waals surface area contributed by atoms with Gasteiger partial charge < -0.3 is 16.0 Å². The van der Waals surface area contributed by atoms with Crippen LogP contribution in [-0.2, 0) is 4.79 Å². The number of aryl methyl sites for hydroxylation is 1. The van der Waals surface area contributed by atoms with Crippen LogP contribution in [0.3, 0.4) is 0 Å². The van der Waals surface area contributed by atoms with E-state index in [0.29, 0.717) is 29.5 Å². The Kier molecular flexibility index (Phi) is 8.57. The van der Waals surface area contributed by atoms with Crippen LogP contribution in [-0.4, -0.2) is 35.8 Å². The second kappa shape index (κ2) is 9.93. The van der Waals surface area contributed by atoms with Gasteiger partial charge in [-0.15, -0.1) is 12.4 Å². The third-order valence-corrected chi connectivity index (χ3v) is 4.86. The summed E-state index contributed by atoms with van der Waals surface area (Å²) in [4.78, 5) is 26.7. The normalized spacial score (nSPS) is 16.2. The number of rotatable bonds is 5. The summed E-state index contributed by atoms with van der Waals surface area (Å²) < 4.78 is 0. The SMILES string of the molecule is Cc1cc(C(=O)N2CCC(C)CC2)ccc1NC(=O)[C@@H](N)CC(C)C.Cl. The van der Waals surface area contributed by atoms with Crippen molar-refractivity contribution in [2.45, 2.75) is 53.0 Å². The molecule has 146 valence electrons. The fraction of sp³-hybridized carbons (Fsp3) is 0.600. The number of benzene rings is 1. The van der Waals surface area contributed by atoms with Gasteiger partial charge in [-0.1, -0.05) is 20.8 Å². The van der Waals surface area contributed by atoms with Crippen LogP contribution >= 0.6 is 12.4 Å². The molecule has 1 atom stereocenters.